The highest BCUT2D eigenvalue weighted by Crippen LogP contribution is 2.42. The van der Waals surface area contributed by atoms with Gasteiger partial charge in [-0.15, -0.1) is 11.3 Å². The third-order valence-corrected chi connectivity index (χ3v) is 5.49. The number of carbonyl (C=O) groups excluding carboxylic acids is 2. The molecule has 0 saturated heterocycles. The van der Waals surface area contributed by atoms with Gasteiger partial charge in [-0.3, -0.25) is 9.59 Å². The van der Waals surface area contributed by atoms with Crippen molar-refractivity contribution >= 4 is 39.9 Å². The van der Waals surface area contributed by atoms with E-state index in [1.54, 1.807) is 5.38 Å². The summed E-state index contributed by atoms with van der Waals surface area (Å²) in [6.45, 7) is 1.53. The Morgan fingerprint density at radius 1 is 1.28 bits per heavy atom. The van der Waals surface area contributed by atoms with Gasteiger partial charge in [0.25, 0.3) is 0 Å². The van der Waals surface area contributed by atoms with Crippen LogP contribution >= 0.6 is 22.9 Å². The Kier molecular flexibility index (Phi) is 5.39. The number of hydrogen-bond donors (Lipinski definition) is 1. The molecule has 3 rings (SSSR count). The maximum absolute atomic E-state index is 12.9. The van der Waals surface area contributed by atoms with Gasteiger partial charge in [-0.05, 0) is 30.5 Å². The molecule has 1 fully saturated rings. The fraction of sp³-hybridized carbons (Fsp3) is 0.389. The molecule has 1 aromatic carbocycles. The van der Waals surface area contributed by atoms with Crippen molar-refractivity contribution in [3.63, 3.8) is 0 Å². The van der Waals surface area contributed by atoms with Gasteiger partial charge in [0.1, 0.15) is 6.61 Å². The van der Waals surface area contributed by atoms with Crippen LogP contribution in [0.25, 0.3) is 0 Å². The Bertz CT molecular complexity index is 767. The minimum absolute atomic E-state index is 0.101. The van der Waals surface area contributed by atoms with E-state index in [2.05, 4.69) is 10.3 Å². The van der Waals surface area contributed by atoms with Gasteiger partial charge in [0.05, 0.1) is 11.1 Å². The number of amides is 1. The molecule has 0 unspecified atom stereocenters. The third kappa shape index (κ3) is 4.02. The summed E-state index contributed by atoms with van der Waals surface area (Å²) >= 11 is 7.28. The van der Waals surface area contributed by atoms with Crippen LogP contribution in [0.2, 0.25) is 5.02 Å². The lowest BCUT2D eigenvalue weighted by Gasteiger charge is -2.27. The number of carbonyl (C=O) groups is 2. The SMILES string of the molecule is CC(=O)Nc1nc(COC(=O)C2(c3ccc(Cl)cc3)CCCC2)cs1. The van der Waals surface area contributed by atoms with Gasteiger partial charge < -0.3 is 10.1 Å². The summed E-state index contributed by atoms with van der Waals surface area (Å²) in [5, 5.41) is 5.56. The quantitative estimate of drug-likeness (QED) is 0.787. The summed E-state index contributed by atoms with van der Waals surface area (Å²) in [6, 6.07) is 7.44. The Morgan fingerprint density at radius 3 is 2.60 bits per heavy atom. The fourth-order valence-corrected chi connectivity index (χ4v) is 4.08. The minimum Gasteiger partial charge on any atom is -0.458 e. The van der Waals surface area contributed by atoms with E-state index in [9.17, 15) is 9.59 Å². The first-order valence-electron chi connectivity index (χ1n) is 8.15. The summed E-state index contributed by atoms with van der Waals surface area (Å²) in [7, 11) is 0. The van der Waals surface area contributed by atoms with E-state index >= 15 is 0 Å². The Labute approximate surface area is 155 Å². The monoisotopic (exact) mass is 378 g/mol. The predicted octanol–water partition coefficient (Wildman–Crippen LogP) is 4.31. The van der Waals surface area contributed by atoms with Crippen molar-refractivity contribution in [3.05, 3.63) is 45.9 Å². The molecule has 0 aliphatic heterocycles. The van der Waals surface area contributed by atoms with Crippen molar-refractivity contribution in [2.24, 2.45) is 0 Å². The van der Waals surface area contributed by atoms with Crippen LogP contribution in [0.5, 0.6) is 0 Å². The number of thiazole rings is 1. The van der Waals surface area contributed by atoms with Crippen molar-refractivity contribution in [2.45, 2.75) is 44.6 Å². The van der Waals surface area contributed by atoms with E-state index in [4.69, 9.17) is 16.3 Å². The van der Waals surface area contributed by atoms with Crippen LogP contribution in [0.3, 0.4) is 0 Å². The molecular formula is C18H19ClN2O3S. The lowest BCUT2D eigenvalue weighted by atomic mass is 9.79. The molecule has 0 bridgehead atoms. The van der Waals surface area contributed by atoms with Gasteiger partial charge in [0, 0.05) is 17.3 Å². The fourth-order valence-electron chi connectivity index (χ4n) is 3.22. The molecule has 1 heterocycles. The smallest absolute Gasteiger partial charge is 0.316 e. The zero-order chi connectivity index (χ0) is 17.9. The van der Waals surface area contributed by atoms with Gasteiger partial charge in [0.15, 0.2) is 5.13 Å². The second kappa shape index (κ2) is 7.54. The number of nitrogens with zero attached hydrogens (tertiary/aromatic N) is 1. The van der Waals surface area contributed by atoms with E-state index in [0.29, 0.717) is 15.8 Å². The molecule has 1 aliphatic carbocycles. The molecule has 2 aromatic rings. The molecule has 1 aliphatic rings. The Balaban J connectivity index is 1.70. The first-order chi connectivity index (χ1) is 12.0. The van der Waals surface area contributed by atoms with Crippen LogP contribution in [0, 0.1) is 0 Å². The number of benzene rings is 1. The van der Waals surface area contributed by atoms with E-state index in [-0.39, 0.29) is 18.5 Å². The molecule has 132 valence electrons. The van der Waals surface area contributed by atoms with Crippen LogP contribution < -0.4 is 5.32 Å². The molecule has 1 saturated carbocycles. The zero-order valence-corrected chi connectivity index (χ0v) is 15.5. The minimum atomic E-state index is -0.596. The summed E-state index contributed by atoms with van der Waals surface area (Å²) in [6.07, 6.45) is 3.56. The molecule has 7 heteroatoms. The maximum atomic E-state index is 12.9. The summed E-state index contributed by atoms with van der Waals surface area (Å²) in [5.41, 5.74) is 0.990. The molecule has 0 radical (unpaired) electrons. The van der Waals surface area contributed by atoms with Crippen LogP contribution in [0.4, 0.5) is 5.13 Å². The van der Waals surface area contributed by atoms with Gasteiger partial charge in [-0.2, -0.15) is 0 Å². The van der Waals surface area contributed by atoms with Crippen molar-refractivity contribution in [1.29, 1.82) is 0 Å². The van der Waals surface area contributed by atoms with E-state index < -0.39 is 5.41 Å². The zero-order valence-electron chi connectivity index (χ0n) is 13.9. The lowest BCUT2D eigenvalue weighted by molar-refractivity contribution is -0.152. The summed E-state index contributed by atoms with van der Waals surface area (Å²) in [5.74, 6) is -0.396. The van der Waals surface area contributed by atoms with E-state index in [1.807, 2.05) is 24.3 Å². The largest absolute Gasteiger partial charge is 0.458 e. The topological polar surface area (TPSA) is 68.3 Å². The molecular weight excluding hydrogens is 360 g/mol. The third-order valence-electron chi connectivity index (χ3n) is 4.43. The van der Waals surface area contributed by atoms with Gasteiger partial charge in [0.2, 0.25) is 5.91 Å². The second-order valence-electron chi connectivity index (χ2n) is 6.20. The first kappa shape index (κ1) is 17.9. The van der Waals surface area contributed by atoms with Crippen LogP contribution in [0.1, 0.15) is 43.9 Å². The molecule has 0 atom stereocenters. The summed E-state index contributed by atoms with van der Waals surface area (Å²) < 4.78 is 5.58. The number of rotatable bonds is 5. The number of esters is 1. The molecule has 1 aromatic heterocycles. The van der Waals surface area contributed by atoms with Gasteiger partial charge in [-0.25, -0.2) is 4.98 Å². The average molecular weight is 379 g/mol. The summed E-state index contributed by atoms with van der Waals surface area (Å²) in [4.78, 5) is 28.2. The number of anilines is 1. The van der Waals surface area contributed by atoms with Crippen LogP contribution in [-0.2, 0) is 26.3 Å². The van der Waals surface area contributed by atoms with Crippen molar-refractivity contribution in [1.82, 2.24) is 4.98 Å². The van der Waals surface area contributed by atoms with E-state index in [0.717, 1.165) is 31.2 Å². The predicted molar refractivity (Wildman–Crippen MR) is 97.8 cm³/mol. The second-order valence-corrected chi connectivity index (χ2v) is 7.49. The molecule has 1 N–H and O–H groups in total. The highest BCUT2D eigenvalue weighted by Gasteiger charge is 2.44. The molecule has 0 spiro atoms. The van der Waals surface area contributed by atoms with Crippen LogP contribution in [0.15, 0.2) is 29.6 Å². The van der Waals surface area contributed by atoms with Crippen molar-refractivity contribution < 1.29 is 14.3 Å². The number of nitrogens with one attached hydrogen (secondary N) is 1. The first-order valence-corrected chi connectivity index (χ1v) is 9.41. The number of aromatic nitrogens is 1. The average Bonchev–Trinajstić information content (AvgIpc) is 3.23. The molecule has 25 heavy (non-hydrogen) atoms. The van der Waals surface area contributed by atoms with Gasteiger partial charge in [-0.1, -0.05) is 36.6 Å². The van der Waals surface area contributed by atoms with Crippen molar-refractivity contribution in [3.8, 4) is 0 Å². The number of hydrogen-bond acceptors (Lipinski definition) is 5. The lowest BCUT2D eigenvalue weighted by Crippen LogP contribution is -2.34. The molecule has 5 nitrogen and oxygen atoms in total. The van der Waals surface area contributed by atoms with E-state index in [1.165, 1.54) is 18.3 Å². The highest BCUT2D eigenvalue weighted by molar-refractivity contribution is 7.13. The van der Waals surface area contributed by atoms with Gasteiger partial charge >= 0.3 is 5.97 Å². The normalized spacial score (nSPS) is 15.8. The number of halogens is 1. The standard InChI is InChI=1S/C18H19ClN2O3S/c1-12(22)20-17-21-15(11-25-17)10-24-16(23)18(8-2-3-9-18)13-4-6-14(19)7-5-13/h4-7,11H,2-3,8-10H2,1H3,(H,20,21,22). The maximum Gasteiger partial charge on any atom is 0.316 e. The Morgan fingerprint density at radius 2 is 1.96 bits per heavy atom. The van der Waals surface area contributed by atoms with Crippen LogP contribution in [-0.4, -0.2) is 16.9 Å². The Hall–Kier alpha value is -1.92. The van der Waals surface area contributed by atoms with Crippen molar-refractivity contribution in [2.75, 3.05) is 5.32 Å². The highest BCUT2D eigenvalue weighted by atomic mass is 35.5. The number of ether oxygens (including phenoxy) is 1. The molecule has 1 amide bonds.